The van der Waals surface area contributed by atoms with E-state index in [-0.39, 0.29) is 0 Å². The first-order valence-corrected chi connectivity index (χ1v) is 7.98. The summed E-state index contributed by atoms with van der Waals surface area (Å²) in [4.78, 5) is 4.26. The molecule has 1 unspecified atom stereocenters. The lowest BCUT2D eigenvalue weighted by Crippen LogP contribution is -2.07. The number of aryl methyl sites for hydroxylation is 1. The van der Waals surface area contributed by atoms with E-state index < -0.39 is 0 Å². The zero-order chi connectivity index (χ0) is 14.2. The van der Waals surface area contributed by atoms with Gasteiger partial charge in [0.05, 0.1) is 6.04 Å². The third-order valence-electron chi connectivity index (χ3n) is 4.20. The van der Waals surface area contributed by atoms with Gasteiger partial charge >= 0.3 is 0 Å². The van der Waals surface area contributed by atoms with Crippen molar-refractivity contribution in [2.24, 2.45) is 0 Å². The van der Waals surface area contributed by atoms with Gasteiger partial charge in [0.25, 0.3) is 0 Å². The lowest BCUT2D eigenvalue weighted by Gasteiger charge is -2.17. The largest absolute Gasteiger partial charge is 0.378 e. The highest BCUT2D eigenvalue weighted by molar-refractivity contribution is 9.10. The number of anilines is 1. The number of rotatable bonds is 2. The molecule has 104 valence electrons. The minimum absolute atomic E-state index is 0.388. The Labute approximate surface area is 132 Å². The second-order valence-corrected chi connectivity index (χ2v) is 6.40. The molecule has 1 aliphatic rings. The minimum Gasteiger partial charge on any atom is -0.378 e. The van der Waals surface area contributed by atoms with Crippen LogP contribution in [0.4, 0.5) is 5.69 Å². The van der Waals surface area contributed by atoms with Crippen LogP contribution in [0.5, 0.6) is 0 Å². The van der Waals surface area contributed by atoms with Crippen LogP contribution in [0.25, 0.3) is 10.8 Å². The van der Waals surface area contributed by atoms with Gasteiger partial charge in [-0.05, 0) is 53.6 Å². The van der Waals surface area contributed by atoms with Crippen molar-refractivity contribution < 1.29 is 0 Å². The average Bonchev–Trinajstić information content (AvgIpc) is 2.90. The van der Waals surface area contributed by atoms with Crippen molar-refractivity contribution in [2.45, 2.75) is 18.9 Å². The Morgan fingerprint density at radius 3 is 3.05 bits per heavy atom. The van der Waals surface area contributed by atoms with Crippen molar-refractivity contribution in [3.63, 3.8) is 0 Å². The van der Waals surface area contributed by atoms with Crippen LogP contribution in [0.2, 0.25) is 0 Å². The van der Waals surface area contributed by atoms with E-state index in [1.807, 2.05) is 12.4 Å². The van der Waals surface area contributed by atoms with E-state index in [0.717, 1.165) is 17.3 Å². The standard InChI is InChI=1S/C18H15BrN2/c19-14-5-6-15-13(10-14)4-7-18(15)21-17-3-1-2-12-8-9-20-11-16(12)17/h1-3,5-6,8-11,18,21H,4,7H2. The number of aromatic nitrogens is 1. The molecule has 1 N–H and O–H groups in total. The summed E-state index contributed by atoms with van der Waals surface area (Å²) in [5.74, 6) is 0. The summed E-state index contributed by atoms with van der Waals surface area (Å²) >= 11 is 3.56. The first-order valence-electron chi connectivity index (χ1n) is 7.19. The molecule has 4 rings (SSSR count). The molecule has 0 bridgehead atoms. The average molecular weight is 339 g/mol. The number of hydrogen-bond donors (Lipinski definition) is 1. The van der Waals surface area contributed by atoms with Gasteiger partial charge in [-0.1, -0.05) is 34.1 Å². The van der Waals surface area contributed by atoms with Crippen LogP contribution in [-0.4, -0.2) is 4.98 Å². The predicted octanol–water partition coefficient (Wildman–Crippen LogP) is 5.10. The Balaban J connectivity index is 1.71. The van der Waals surface area contributed by atoms with Crippen molar-refractivity contribution in [2.75, 3.05) is 5.32 Å². The van der Waals surface area contributed by atoms with E-state index in [2.05, 4.69) is 68.7 Å². The number of halogens is 1. The van der Waals surface area contributed by atoms with Crippen molar-refractivity contribution in [3.05, 3.63) is 70.5 Å². The van der Waals surface area contributed by atoms with Crippen LogP contribution in [-0.2, 0) is 6.42 Å². The third-order valence-corrected chi connectivity index (χ3v) is 4.69. The maximum Gasteiger partial charge on any atom is 0.0519 e. The Kier molecular flexibility index (Phi) is 3.15. The number of nitrogens with one attached hydrogen (secondary N) is 1. The highest BCUT2D eigenvalue weighted by atomic mass is 79.9. The molecule has 0 radical (unpaired) electrons. The van der Waals surface area contributed by atoms with E-state index in [4.69, 9.17) is 0 Å². The van der Waals surface area contributed by atoms with Crippen LogP contribution in [0.1, 0.15) is 23.6 Å². The molecule has 0 aliphatic heterocycles. The van der Waals surface area contributed by atoms with Gasteiger partial charge in [-0.15, -0.1) is 0 Å². The highest BCUT2D eigenvalue weighted by Crippen LogP contribution is 2.36. The first kappa shape index (κ1) is 12.8. The SMILES string of the molecule is Brc1ccc2c(c1)CCC2Nc1cccc2ccncc12. The zero-order valence-corrected chi connectivity index (χ0v) is 13.1. The quantitative estimate of drug-likeness (QED) is 0.703. The number of pyridine rings is 1. The van der Waals surface area contributed by atoms with Gasteiger partial charge in [-0.25, -0.2) is 0 Å². The highest BCUT2D eigenvalue weighted by Gasteiger charge is 2.22. The third kappa shape index (κ3) is 2.32. The summed E-state index contributed by atoms with van der Waals surface area (Å²) in [7, 11) is 0. The molecule has 0 spiro atoms. The van der Waals surface area contributed by atoms with E-state index >= 15 is 0 Å². The Bertz CT molecular complexity index is 808. The lowest BCUT2D eigenvalue weighted by atomic mass is 10.1. The normalized spacial score (nSPS) is 16.9. The van der Waals surface area contributed by atoms with E-state index in [9.17, 15) is 0 Å². The van der Waals surface area contributed by atoms with Gasteiger partial charge in [0.2, 0.25) is 0 Å². The molecule has 21 heavy (non-hydrogen) atoms. The van der Waals surface area contributed by atoms with E-state index in [1.54, 1.807) is 0 Å². The maximum atomic E-state index is 4.26. The number of hydrogen-bond acceptors (Lipinski definition) is 2. The topological polar surface area (TPSA) is 24.9 Å². The molecule has 1 aliphatic carbocycles. The summed E-state index contributed by atoms with van der Waals surface area (Å²) in [5.41, 5.74) is 4.03. The summed E-state index contributed by atoms with van der Waals surface area (Å²) < 4.78 is 1.16. The van der Waals surface area contributed by atoms with Gasteiger partial charge in [-0.2, -0.15) is 0 Å². The van der Waals surface area contributed by atoms with Crippen LogP contribution in [0.15, 0.2) is 59.3 Å². The maximum absolute atomic E-state index is 4.26. The van der Waals surface area contributed by atoms with E-state index in [0.29, 0.717) is 6.04 Å². The van der Waals surface area contributed by atoms with Crippen LogP contribution in [0, 0.1) is 0 Å². The monoisotopic (exact) mass is 338 g/mol. The van der Waals surface area contributed by atoms with Crippen molar-refractivity contribution in [1.29, 1.82) is 0 Å². The molecular formula is C18H15BrN2. The molecule has 0 saturated carbocycles. The molecule has 0 fully saturated rings. The molecule has 0 amide bonds. The number of fused-ring (bicyclic) bond motifs is 2. The van der Waals surface area contributed by atoms with Crippen LogP contribution < -0.4 is 5.32 Å². The van der Waals surface area contributed by atoms with Gasteiger partial charge in [0.15, 0.2) is 0 Å². The number of benzene rings is 2. The molecule has 1 aromatic heterocycles. The van der Waals surface area contributed by atoms with Crippen LogP contribution >= 0.6 is 15.9 Å². The van der Waals surface area contributed by atoms with Gasteiger partial charge < -0.3 is 5.32 Å². The minimum atomic E-state index is 0.388. The second kappa shape index (κ2) is 5.15. The fourth-order valence-electron chi connectivity index (χ4n) is 3.16. The van der Waals surface area contributed by atoms with Gasteiger partial charge in [0.1, 0.15) is 0 Å². The Morgan fingerprint density at radius 1 is 1.14 bits per heavy atom. The summed E-state index contributed by atoms with van der Waals surface area (Å²) in [6, 6.07) is 15.4. The molecule has 1 heterocycles. The van der Waals surface area contributed by atoms with E-state index in [1.165, 1.54) is 27.6 Å². The summed E-state index contributed by atoms with van der Waals surface area (Å²) in [5, 5.41) is 6.12. The smallest absolute Gasteiger partial charge is 0.0519 e. The van der Waals surface area contributed by atoms with Crippen molar-refractivity contribution in [3.8, 4) is 0 Å². The van der Waals surface area contributed by atoms with Crippen molar-refractivity contribution in [1.82, 2.24) is 4.98 Å². The van der Waals surface area contributed by atoms with Crippen LogP contribution in [0.3, 0.4) is 0 Å². The molecule has 3 aromatic rings. The summed E-state index contributed by atoms with van der Waals surface area (Å²) in [6.45, 7) is 0. The fraction of sp³-hybridized carbons (Fsp3) is 0.167. The molecule has 0 saturated heterocycles. The second-order valence-electron chi connectivity index (χ2n) is 5.48. The van der Waals surface area contributed by atoms with Gasteiger partial charge in [-0.3, -0.25) is 4.98 Å². The van der Waals surface area contributed by atoms with Gasteiger partial charge in [0, 0.05) is 27.9 Å². The Morgan fingerprint density at radius 2 is 2.10 bits per heavy atom. The zero-order valence-electron chi connectivity index (χ0n) is 11.5. The molecule has 2 nitrogen and oxygen atoms in total. The molecule has 2 aromatic carbocycles. The Hall–Kier alpha value is -1.87. The van der Waals surface area contributed by atoms with Crippen molar-refractivity contribution >= 4 is 32.4 Å². The predicted molar refractivity (Wildman–Crippen MR) is 90.6 cm³/mol. The molecule has 3 heteroatoms. The molecule has 1 atom stereocenters. The lowest BCUT2D eigenvalue weighted by molar-refractivity contribution is 0.763. The first-order chi connectivity index (χ1) is 10.3. The summed E-state index contributed by atoms with van der Waals surface area (Å²) in [6.07, 6.45) is 6.06. The fourth-order valence-corrected chi connectivity index (χ4v) is 3.57. The molecular weight excluding hydrogens is 324 g/mol. The number of nitrogens with zero attached hydrogens (tertiary/aromatic N) is 1.